The van der Waals surface area contributed by atoms with Gasteiger partial charge < -0.3 is 10.6 Å². The van der Waals surface area contributed by atoms with Crippen molar-refractivity contribution < 1.29 is 4.79 Å². The van der Waals surface area contributed by atoms with Crippen LogP contribution in [0.3, 0.4) is 0 Å². The summed E-state index contributed by atoms with van der Waals surface area (Å²) in [7, 11) is 0. The van der Waals surface area contributed by atoms with E-state index in [9.17, 15) is 4.79 Å². The lowest BCUT2D eigenvalue weighted by Crippen LogP contribution is -2.32. The first-order valence-corrected chi connectivity index (χ1v) is 6.16. The second kappa shape index (κ2) is 5.77. The summed E-state index contributed by atoms with van der Waals surface area (Å²) in [5, 5.41) is 6.19. The zero-order valence-electron chi connectivity index (χ0n) is 10.2. The maximum absolute atomic E-state index is 11.3. The van der Waals surface area contributed by atoms with Gasteiger partial charge in [0.15, 0.2) is 0 Å². The largest absolute Gasteiger partial charge is 0.355 e. The number of carbonyl (C=O) groups excluding carboxylic acids is 1. The van der Waals surface area contributed by atoms with Gasteiger partial charge in [-0.05, 0) is 31.9 Å². The normalized spacial score (nSPS) is 14.6. The molecular formula is C13H19N3O. The lowest BCUT2D eigenvalue weighted by Gasteiger charge is -2.06. The lowest BCUT2D eigenvalue weighted by atomic mass is 10.3. The van der Waals surface area contributed by atoms with Crippen LogP contribution in [0.1, 0.15) is 24.2 Å². The van der Waals surface area contributed by atoms with Crippen molar-refractivity contribution >= 4 is 5.91 Å². The molecule has 0 radical (unpaired) electrons. The summed E-state index contributed by atoms with van der Waals surface area (Å²) < 4.78 is 0. The molecule has 0 unspecified atom stereocenters. The molecule has 0 aliphatic heterocycles. The van der Waals surface area contributed by atoms with Gasteiger partial charge in [-0.25, -0.2) is 0 Å². The number of nitrogens with one attached hydrogen (secondary N) is 2. The minimum atomic E-state index is 0.209. The molecule has 4 nitrogen and oxygen atoms in total. The van der Waals surface area contributed by atoms with Crippen LogP contribution in [0.25, 0.3) is 0 Å². The monoisotopic (exact) mass is 233 g/mol. The minimum Gasteiger partial charge on any atom is -0.355 e. The average molecular weight is 233 g/mol. The Morgan fingerprint density at radius 3 is 2.94 bits per heavy atom. The van der Waals surface area contributed by atoms with E-state index in [1.54, 1.807) is 0 Å². The Morgan fingerprint density at radius 1 is 1.41 bits per heavy atom. The number of aryl methyl sites for hydroxylation is 1. The molecule has 1 aliphatic carbocycles. The van der Waals surface area contributed by atoms with Crippen LogP contribution < -0.4 is 10.6 Å². The van der Waals surface area contributed by atoms with Gasteiger partial charge in [-0.2, -0.15) is 0 Å². The number of aromatic nitrogens is 1. The van der Waals surface area contributed by atoms with Gasteiger partial charge >= 0.3 is 0 Å². The van der Waals surface area contributed by atoms with Crippen LogP contribution in [0, 0.1) is 12.8 Å². The second-order valence-electron chi connectivity index (χ2n) is 4.51. The Bertz CT molecular complexity index is 388. The molecule has 4 heteroatoms. The molecule has 1 fully saturated rings. The SMILES string of the molecule is Cc1cccc(CNCCNC(=O)C2CC2)n1. The van der Waals surface area contributed by atoms with Gasteiger partial charge in [0.1, 0.15) is 0 Å². The highest BCUT2D eigenvalue weighted by Crippen LogP contribution is 2.28. The summed E-state index contributed by atoms with van der Waals surface area (Å²) >= 11 is 0. The Balaban J connectivity index is 1.58. The van der Waals surface area contributed by atoms with Gasteiger partial charge in [-0.1, -0.05) is 6.07 Å². The maximum atomic E-state index is 11.3. The molecule has 0 atom stereocenters. The quantitative estimate of drug-likeness (QED) is 0.721. The first-order valence-electron chi connectivity index (χ1n) is 6.16. The highest BCUT2D eigenvalue weighted by atomic mass is 16.2. The number of carbonyl (C=O) groups is 1. The first kappa shape index (κ1) is 12.0. The molecule has 1 aromatic heterocycles. The zero-order chi connectivity index (χ0) is 12.1. The molecule has 0 spiro atoms. The van der Waals surface area contributed by atoms with Crippen molar-refractivity contribution in [1.82, 2.24) is 15.6 Å². The molecule has 0 aromatic carbocycles. The molecule has 1 amide bonds. The highest BCUT2D eigenvalue weighted by molar-refractivity contribution is 5.80. The van der Waals surface area contributed by atoms with Gasteiger partial charge in [0.05, 0.1) is 5.69 Å². The minimum absolute atomic E-state index is 0.209. The van der Waals surface area contributed by atoms with Crippen LogP contribution >= 0.6 is 0 Å². The Morgan fingerprint density at radius 2 is 2.24 bits per heavy atom. The van der Waals surface area contributed by atoms with Gasteiger partial charge in [0, 0.05) is 31.2 Å². The molecule has 17 heavy (non-hydrogen) atoms. The molecule has 0 bridgehead atoms. The number of pyridine rings is 1. The van der Waals surface area contributed by atoms with E-state index < -0.39 is 0 Å². The van der Waals surface area contributed by atoms with E-state index in [0.29, 0.717) is 12.5 Å². The number of hydrogen-bond acceptors (Lipinski definition) is 3. The summed E-state index contributed by atoms with van der Waals surface area (Å²) in [5.41, 5.74) is 2.07. The third-order valence-corrected chi connectivity index (χ3v) is 2.80. The van der Waals surface area contributed by atoms with Crippen LogP contribution in [0.4, 0.5) is 0 Å². The summed E-state index contributed by atoms with van der Waals surface area (Å²) in [4.78, 5) is 15.7. The molecule has 92 valence electrons. The van der Waals surface area contributed by atoms with Crippen molar-refractivity contribution in [3.63, 3.8) is 0 Å². The fraction of sp³-hybridized carbons (Fsp3) is 0.538. The molecule has 0 saturated heterocycles. The molecule has 2 rings (SSSR count). The average Bonchev–Trinajstić information content (AvgIpc) is 3.12. The number of nitrogens with zero attached hydrogens (tertiary/aromatic N) is 1. The standard InChI is InChI=1S/C13H19N3O/c1-10-3-2-4-12(16-10)9-14-7-8-15-13(17)11-5-6-11/h2-4,11,14H,5-9H2,1H3,(H,15,17). The van der Waals surface area contributed by atoms with E-state index in [1.165, 1.54) is 0 Å². The van der Waals surface area contributed by atoms with Gasteiger partial charge in [-0.3, -0.25) is 9.78 Å². The highest BCUT2D eigenvalue weighted by Gasteiger charge is 2.28. The predicted octanol–water partition coefficient (Wildman–Crippen LogP) is 1.01. The van der Waals surface area contributed by atoms with Crippen molar-refractivity contribution in [1.29, 1.82) is 0 Å². The molecule has 1 aliphatic rings. The van der Waals surface area contributed by atoms with E-state index >= 15 is 0 Å². The topological polar surface area (TPSA) is 54.0 Å². The van der Waals surface area contributed by atoms with Crippen LogP contribution in [-0.2, 0) is 11.3 Å². The number of hydrogen-bond donors (Lipinski definition) is 2. The van der Waals surface area contributed by atoms with E-state index in [4.69, 9.17) is 0 Å². The first-order chi connectivity index (χ1) is 8.25. The summed E-state index contributed by atoms with van der Waals surface area (Å²) in [5.74, 6) is 0.508. The summed E-state index contributed by atoms with van der Waals surface area (Å²) in [6, 6.07) is 6.00. The predicted molar refractivity (Wildman–Crippen MR) is 66.4 cm³/mol. The van der Waals surface area contributed by atoms with Crippen molar-refractivity contribution in [3.8, 4) is 0 Å². The van der Waals surface area contributed by atoms with Gasteiger partial charge in [-0.15, -0.1) is 0 Å². The van der Waals surface area contributed by atoms with E-state index in [1.807, 2.05) is 25.1 Å². The molecular weight excluding hydrogens is 214 g/mol. The van der Waals surface area contributed by atoms with Gasteiger partial charge in [0.2, 0.25) is 5.91 Å². The smallest absolute Gasteiger partial charge is 0.223 e. The number of amides is 1. The van der Waals surface area contributed by atoms with Crippen molar-refractivity contribution in [2.75, 3.05) is 13.1 Å². The fourth-order valence-electron chi connectivity index (χ4n) is 1.68. The van der Waals surface area contributed by atoms with Crippen LogP contribution in [0.5, 0.6) is 0 Å². The third kappa shape index (κ3) is 4.15. The van der Waals surface area contributed by atoms with Crippen LogP contribution in [-0.4, -0.2) is 24.0 Å². The van der Waals surface area contributed by atoms with Crippen molar-refractivity contribution in [3.05, 3.63) is 29.6 Å². The molecule has 1 heterocycles. The van der Waals surface area contributed by atoms with E-state index in [2.05, 4.69) is 15.6 Å². The Hall–Kier alpha value is -1.42. The summed E-state index contributed by atoms with van der Waals surface area (Å²) in [6.07, 6.45) is 2.12. The van der Waals surface area contributed by atoms with Crippen molar-refractivity contribution in [2.24, 2.45) is 5.92 Å². The van der Waals surface area contributed by atoms with Crippen molar-refractivity contribution in [2.45, 2.75) is 26.3 Å². The molecule has 1 aromatic rings. The zero-order valence-corrected chi connectivity index (χ0v) is 10.2. The van der Waals surface area contributed by atoms with E-state index in [-0.39, 0.29) is 5.91 Å². The van der Waals surface area contributed by atoms with E-state index in [0.717, 1.165) is 37.3 Å². The third-order valence-electron chi connectivity index (χ3n) is 2.80. The maximum Gasteiger partial charge on any atom is 0.223 e. The Labute approximate surface area is 102 Å². The molecule has 2 N–H and O–H groups in total. The van der Waals surface area contributed by atoms with Crippen LogP contribution in [0.15, 0.2) is 18.2 Å². The second-order valence-corrected chi connectivity index (χ2v) is 4.51. The number of rotatable bonds is 6. The Kier molecular flexibility index (Phi) is 4.09. The lowest BCUT2D eigenvalue weighted by molar-refractivity contribution is -0.122. The molecule has 1 saturated carbocycles. The summed E-state index contributed by atoms with van der Waals surface area (Å²) in [6.45, 7) is 4.22. The van der Waals surface area contributed by atoms with Crippen LogP contribution in [0.2, 0.25) is 0 Å². The fourth-order valence-corrected chi connectivity index (χ4v) is 1.68. The van der Waals surface area contributed by atoms with Gasteiger partial charge in [0.25, 0.3) is 0 Å².